The van der Waals surface area contributed by atoms with Crippen molar-refractivity contribution in [1.29, 1.82) is 0 Å². The van der Waals surface area contributed by atoms with E-state index in [1.165, 1.54) is 0 Å². The minimum atomic E-state index is -1.24. The van der Waals surface area contributed by atoms with Gasteiger partial charge in [-0.15, -0.1) is 0 Å². The predicted octanol–water partition coefficient (Wildman–Crippen LogP) is 1.16. The minimum absolute atomic E-state index is 0.235. The lowest BCUT2D eigenvalue weighted by atomic mass is 9.83. The molecule has 2 rings (SSSR count). The molecule has 1 unspecified atom stereocenters. The van der Waals surface area contributed by atoms with Crippen LogP contribution in [0.15, 0.2) is 0 Å². The number of hydrogen-bond acceptors (Lipinski definition) is 4. The number of hydrogen-bond donors (Lipinski definition) is 1. The molecular formula is C11H18O5. The molecule has 1 spiro atoms. The van der Waals surface area contributed by atoms with Crippen molar-refractivity contribution >= 4 is 5.97 Å². The van der Waals surface area contributed by atoms with E-state index in [-0.39, 0.29) is 6.42 Å². The number of aliphatic carboxylic acids is 1. The Morgan fingerprint density at radius 1 is 1.12 bits per heavy atom. The molecule has 0 aromatic rings. The van der Waals surface area contributed by atoms with E-state index in [1.54, 1.807) is 6.92 Å². The topological polar surface area (TPSA) is 65.0 Å². The van der Waals surface area contributed by atoms with E-state index in [4.69, 9.17) is 14.2 Å². The van der Waals surface area contributed by atoms with E-state index in [9.17, 15) is 9.90 Å². The van der Waals surface area contributed by atoms with Gasteiger partial charge < -0.3 is 19.3 Å². The van der Waals surface area contributed by atoms with Crippen LogP contribution in [0.25, 0.3) is 0 Å². The zero-order valence-electron chi connectivity index (χ0n) is 9.91. The summed E-state index contributed by atoms with van der Waals surface area (Å²) in [5.41, 5.74) is -1.80. The molecule has 5 heteroatoms. The molecule has 1 atom stereocenters. The number of rotatable bonds is 1. The normalized spacial score (nSPS) is 36.4. The van der Waals surface area contributed by atoms with Gasteiger partial charge in [0.2, 0.25) is 0 Å². The maximum absolute atomic E-state index is 11.3. The summed E-state index contributed by atoms with van der Waals surface area (Å²) in [5.74, 6) is -1.76. The van der Waals surface area contributed by atoms with Crippen LogP contribution in [-0.2, 0) is 19.0 Å². The molecule has 92 valence electrons. The van der Waals surface area contributed by atoms with Crippen LogP contribution in [0.5, 0.6) is 0 Å². The summed E-state index contributed by atoms with van der Waals surface area (Å²) in [5, 5.41) is 9.24. The van der Waals surface area contributed by atoms with Gasteiger partial charge in [0, 0.05) is 12.8 Å². The fraction of sp³-hybridized carbons (Fsp3) is 0.909. The van der Waals surface area contributed by atoms with Crippen LogP contribution in [0.4, 0.5) is 0 Å². The SMILES string of the molecule is CC1(C)CC2(CC(C)(C(=O)O)O1)OCCO2. The second-order valence-corrected chi connectivity index (χ2v) is 5.36. The molecule has 2 heterocycles. The lowest BCUT2D eigenvalue weighted by Gasteiger charge is -2.48. The van der Waals surface area contributed by atoms with Crippen molar-refractivity contribution in [2.24, 2.45) is 0 Å². The summed E-state index contributed by atoms with van der Waals surface area (Å²) in [7, 11) is 0. The van der Waals surface area contributed by atoms with Crippen LogP contribution < -0.4 is 0 Å². The van der Waals surface area contributed by atoms with Crippen LogP contribution in [-0.4, -0.2) is 41.3 Å². The second-order valence-electron chi connectivity index (χ2n) is 5.36. The third-order valence-electron chi connectivity index (χ3n) is 3.07. The molecule has 0 saturated carbocycles. The van der Waals surface area contributed by atoms with Gasteiger partial charge in [0.05, 0.1) is 18.8 Å². The second kappa shape index (κ2) is 3.42. The molecular weight excluding hydrogens is 212 g/mol. The Balaban J connectivity index is 2.28. The van der Waals surface area contributed by atoms with E-state index in [0.717, 1.165) is 0 Å². The van der Waals surface area contributed by atoms with Gasteiger partial charge in [-0.2, -0.15) is 0 Å². The van der Waals surface area contributed by atoms with Gasteiger partial charge in [0.1, 0.15) is 0 Å². The highest BCUT2D eigenvalue weighted by atomic mass is 16.7. The highest BCUT2D eigenvalue weighted by Gasteiger charge is 2.56. The predicted molar refractivity (Wildman–Crippen MR) is 55.1 cm³/mol. The standard InChI is InChI=1S/C11H18O5/c1-9(2)6-11(14-4-5-15-11)7-10(3,16-9)8(12)13/h4-7H2,1-3H3,(H,12,13). The Morgan fingerprint density at radius 2 is 1.69 bits per heavy atom. The average molecular weight is 230 g/mol. The third kappa shape index (κ3) is 1.95. The van der Waals surface area contributed by atoms with Crippen LogP contribution in [0.2, 0.25) is 0 Å². The summed E-state index contributed by atoms with van der Waals surface area (Å²) in [4.78, 5) is 11.3. The Morgan fingerprint density at radius 3 is 2.19 bits per heavy atom. The van der Waals surface area contributed by atoms with Crippen molar-refractivity contribution < 1.29 is 24.1 Å². The fourth-order valence-electron chi connectivity index (χ4n) is 2.73. The summed E-state index contributed by atoms with van der Waals surface area (Å²) < 4.78 is 16.8. The molecule has 1 N–H and O–H groups in total. The first-order chi connectivity index (χ1) is 7.27. The highest BCUT2D eigenvalue weighted by Crippen LogP contribution is 2.45. The quantitative estimate of drug-likeness (QED) is 0.732. The summed E-state index contributed by atoms with van der Waals surface area (Å²) in [6, 6.07) is 0. The third-order valence-corrected chi connectivity index (χ3v) is 3.07. The number of carbonyl (C=O) groups is 1. The largest absolute Gasteiger partial charge is 0.479 e. The molecule has 0 amide bonds. The van der Waals surface area contributed by atoms with Crippen molar-refractivity contribution in [2.45, 2.75) is 50.6 Å². The molecule has 2 aliphatic heterocycles. The Kier molecular flexibility index (Phi) is 2.53. The first kappa shape index (κ1) is 11.8. The van der Waals surface area contributed by atoms with Gasteiger partial charge in [-0.05, 0) is 20.8 Å². The van der Waals surface area contributed by atoms with Gasteiger partial charge in [0.15, 0.2) is 11.4 Å². The molecule has 0 aromatic carbocycles. The van der Waals surface area contributed by atoms with Crippen molar-refractivity contribution in [3.8, 4) is 0 Å². The molecule has 2 fully saturated rings. The van der Waals surface area contributed by atoms with Gasteiger partial charge in [-0.3, -0.25) is 0 Å². The molecule has 0 aliphatic carbocycles. The van der Waals surface area contributed by atoms with E-state index < -0.39 is 23.0 Å². The Labute approximate surface area is 94.7 Å². The van der Waals surface area contributed by atoms with Gasteiger partial charge in [-0.1, -0.05) is 0 Å². The first-order valence-electron chi connectivity index (χ1n) is 5.49. The maximum atomic E-state index is 11.3. The molecule has 0 aromatic heterocycles. The van der Waals surface area contributed by atoms with Crippen molar-refractivity contribution in [1.82, 2.24) is 0 Å². The van der Waals surface area contributed by atoms with E-state index in [0.29, 0.717) is 19.6 Å². The molecule has 2 aliphatic rings. The van der Waals surface area contributed by atoms with Gasteiger partial charge in [-0.25, -0.2) is 4.79 Å². The van der Waals surface area contributed by atoms with E-state index in [1.807, 2.05) is 13.8 Å². The van der Waals surface area contributed by atoms with Crippen LogP contribution >= 0.6 is 0 Å². The Bertz CT molecular complexity index is 305. The number of carboxylic acids is 1. The van der Waals surface area contributed by atoms with Gasteiger partial charge >= 0.3 is 5.97 Å². The minimum Gasteiger partial charge on any atom is -0.479 e. The van der Waals surface area contributed by atoms with Crippen LogP contribution in [0, 0.1) is 0 Å². The molecule has 0 radical (unpaired) electrons. The maximum Gasteiger partial charge on any atom is 0.335 e. The lowest BCUT2D eigenvalue weighted by molar-refractivity contribution is -0.288. The number of ether oxygens (including phenoxy) is 3. The van der Waals surface area contributed by atoms with Crippen LogP contribution in [0.1, 0.15) is 33.6 Å². The highest BCUT2D eigenvalue weighted by molar-refractivity contribution is 5.77. The van der Waals surface area contributed by atoms with Crippen molar-refractivity contribution in [2.75, 3.05) is 13.2 Å². The fourth-order valence-corrected chi connectivity index (χ4v) is 2.73. The summed E-state index contributed by atoms with van der Waals surface area (Å²) in [6.45, 7) is 6.33. The summed E-state index contributed by atoms with van der Waals surface area (Å²) >= 11 is 0. The lowest BCUT2D eigenvalue weighted by Crippen LogP contribution is -2.58. The van der Waals surface area contributed by atoms with Crippen LogP contribution in [0.3, 0.4) is 0 Å². The van der Waals surface area contributed by atoms with E-state index in [2.05, 4.69) is 0 Å². The molecule has 5 nitrogen and oxygen atoms in total. The Hall–Kier alpha value is -0.650. The molecule has 2 saturated heterocycles. The van der Waals surface area contributed by atoms with Crippen molar-refractivity contribution in [3.05, 3.63) is 0 Å². The molecule has 16 heavy (non-hydrogen) atoms. The smallest absolute Gasteiger partial charge is 0.335 e. The van der Waals surface area contributed by atoms with Gasteiger partial charge in [0.25, 0.3) is 0 Å². The van der Waals surface area contributed by atoms with Crippen molar-refractivity contribution in [3.63, 3.8) is 0 Å². The summed E-state index contributed by atoms with van der Waals surface area (Å²) in [6.07, 6.45) is 0.793. The van der Waals surface area contributed by atoms with E-state index >= 15 is 0 Å². The monoisotopic (exact) mass is 230 g/mol. The molecule has 0 bridgehead atoms. The first-order valence-corrected chi connectivity index (χ1v) is 5.49. The zero-order chi connectivity index (χ0) is 12.0. The zero-order valence-corrected chi connectivity index (χ0v) is 9.91. The average Bonchev–Trinajstić information content (AvgIpc) is 2.48. The number of carboxylic acid groups (broad SMARTS) is 1.